The van der Waals surface area contributed by atoms with Crippen molar-refractivity contribution in [2.24, 2.45) is 0 Å². The first-order valence-electron chi connectivity index (χ1n) is 5.98. The zero-order valence-electron chi connectivity index (χ0n) is 10.9. The largest absolute Gasteiger partial charge is 0.466 e. The summed E-state index contributed by atoms with van der Waals surface area (Å²) in [6, 6.07) is 3.71. The maximum absolute atomic E-state index is 12.0. The van der Waals surface area contributed by atoms with Crippen LogP contribution in [0.4, 0.5) is 0 Å². The fourth-order valence-electron chi connectivity index (χ4n) is 2.17. The highest BCUT2D eigenvalue weighted by Crippen LogP contribution is 2.32. The number of furan rings is 1. The van der Waals surface area contributed by atoms with Crippen LogP contribution in [-0.2, 0) is 9.59 Å². The van der Waals surface area contributed by atoms with E-state index < -0.39 is 0 Å². The van der Waals surface area contributed by atoms with Gasteiger partial charge in [0.2, 0.25) is 0 Å². The van der Waals surface area contributed by atoms with Gasteiger partial charge in [-0.15, -0.1) is 0 Å². The molecule has 1 aromatic rings. The number of hydrogen-bond donors (Lipinski definition) is 0. The Morgan fingerprint density at radius 3 is 2.28 bits per heavy atom. The Morgan fingerprint density at radius 1 is 1.22 bits per heavy atom. The van der Waals surface area contributed by atoms with Gasteiger partial charge in [-0.2, -0.15) is 0 Å². The van der Waals surface area contributed by atoms with Crippen LogP contribution in [0.3, 0.4) is 0 Å². The summed E-state index contributed by atoms with van der Waals surface area (Å²) < 4.78 is 5.50. The van der Waals surface area contributed by atoms with Gasteiger partial charge in [-0.3, -0.25) is 9.59 Å². The van der Waals surface area contributed by atoms with Gasteiger partial charge in [-0.25, -0.2) is 0 Å². The van der Waals surface area contributed by atoms with Crippen molar-refractivity contribution in [1.82, 2.24) is 4.90 Å². The average molecular weight is 247 g/mol. The van der Waals surface area contributed by atoms with Crippen LogP contribution < -0.4 is 0 Å². The van der Waals surface area contributed by atoms with Crippen molar-refractivity contribution in [2.45, 2.75) is 25.7 Å². The van der Waals surface area contributed by atoms with Crippen LogP contribution >= 0.6 is 0 Å². The minimum absolute atomic E-state index is 0.0981. The third-order valence-corrected chi connectivity index (χ3v) is 3.02. The fraction of sp³-hybridized carbons (Fsp3) is 0.429. The van der Waals surface area contributed by atoms with Gasteiger partial charge in [0, 0.05) is 39.1 Å². The van der Waals surface area contributed by atoms with Gasteiger partial charge in [0.1, 0.15) is 11.5 Å². The maximum atomic E-state index is 12.0. The molecule has 0 amide bonds. The van der Waals surface area contributed by atoms with E-state index in [1.807, 2.05) is 19.1 Å². The van der Waals surface area contributed by atoms with E-state index in [4.69, 9.17) is 4.42 Å². The molecule has 1 heterocycles. The summed E-state index contributed by atoms with van der Waals surface area (Å²) in [4.78, 5) is 25.7. The topological polar surface area (TPSA) is 50.5 Å². The second kappa shape index (κ2) is 4.80. The summed E-state index contributed by atoms with van der Waals surface area (Å²) in [5.74, 6) is 1.23. The van der Waals surface area contributed by atoms with Crippen molar-refractivity contribution in [2.75, 3.05) is 14.1 Å². The molecule has 96 valence electrons. The molecule has 0 aliphatic heterocycles. The van der Waals surface area contributed by atoms with Gasteiger partial charge in [-0.1, -0.05) is 0 Å². The van der Waals surface area contributed by atoms with E-state index in [1.165, 1.54) is 0 Å². The Kier molecular flexibility index (Phi) is 3.36. The molecule has 1 fully saturated rings. The molecule has 1 aliphatic rings. The second-order valence-electron chi connectivity index (χ2n) is 4.91. The summed E-state index contributed by atoms with van der Waals surface area (Å²) in [5, 5.41) is 0. The summed E-state index contributed by atoms with van der Waals surface area (Å²) in [6.07, 6.45) is 2.30. The van der Waals surface area contributed by atoms with Crippen molar-refractivity contribution in [3.63, 3.8) is 0 Å². The molecular weight excluding hydrogens is 230 g/mol. The molecule has 4 nitrogen and oxygen atoms in total. The summed E-state index contributed by atoms with van der Waals surface area (Å²) in [7, 11) is 3.60. The number of aryl methyl sites for hydroxylation is 1. The van der Waals surface area contributed by atoms with Gasteiger partial charge < -0.3 is 9.32 Å². The Balaban J connectivity index is 2.20. The van der Waals surface area contributed by atoms with Gasteiger partial charge in [0.25, 0.3) is 0 Å². The quantitative estimate of drug-likeness (QED) is 0.593. The Morgan fingerprint density at radius 2 is 1.83 bits per heavy atom. The maximum Gasteiger partial charge on any atom is 0.168 e. The minimum Gasteiger partial charge on any atom is -0.466 e. The molecule has 0 atom stereocenters. The highest BCUT2D eigenvalue weighted by atomic mass is 16.3. The third kappa shape index (κ3) is 2.53. The molecule has 0 saturated heterocycles. The molecule has 1 aliphatic carbocycles. The van der Waals surface area contributed by atoms with E-state index in [2.05, 4.69) is 0 Å². The smallest absolute Gasteiger partial charge is 0.168 e. The van der Waals surface area contributed by atoms with Crippen molar-refractivity contribution in [3.8, 4) is 0 Å². The number of nitrogens with zero attached hydrogens (tertiary/aromatic N) is 1. The Bertz CT molecular complexity index is 491. The van der Waals surface area contributed by atoms with Crippen molar-refractivity contribution in [3.05, 3.63) is 35.4 Å². The third-order valence-electron chi connectivity index (χ3n) is 3.02. The van der Waals surface area contributed by atoms with Crippen molar-refractivity contribution in [1.29, 1.82) is 0 Å². The summed E-state index contributed by atoms with van der Waals surface area (Å²) in [5.41, 5.74) is 0.305. The monoisotopic (exact) mass is 247 g/mol. The lowest BCUT2D eigenvalue weighted by molar-refractivity contribution is -0.124. The molecule has 0 spiro atoms. The lowest BCUT2D eigenvalue weighted by atomic mass is 9.83. The molecule has 2 rings (SSSR count). The fourth-order valence-corrected chi connectivity index (χ4v) is 2.17. The number of carbonyl (C=O) groups is 2. The van der Waals surface area contributed by atoms with Crippen LogP contribution in [0.1, 0.15) is 30.3 Å². The normalized spacial score (nSPS) is 20.2. The zero-order chi connectivity index (χ0) is 13.3. The highest BCUT2D eigenvalue weighted by Gasteiger charge is 2.32. The molecule has 0 unspecified atom stereocenters. The van der Waals surface area contributed by atoms with E-state index in [-0.39, 0.29) is 17.5 Å². The van der Waals surface area contributed by atoms with Gasteiger partial charge in [0.05, 0.1) is 5.57 Å². The van der Waals surface area contributed by atoms with Crippen LogP contribution in [-0.4, -0.2) is 30.6 Å². The Hall–Kier alpha value is -1.84. The molecule has 0 bridgehead atoms. The molecule has 0 N–H and O–H groups in total. The first-order chi connectivity index (χ1) is 8.47. The second-order valence-corrected chi connectivity index (χ2v) is 4.91. The summed E-state index contributed by atoms with van der Waals surface area (Å²) in [6.45, 7) is 1.85. The number of carbonyl (C=O) groups excluding carboxylic acids is 2. The number of hydrogen-bond acceptors (Lipinski definition) is 4. The SMILES string of the molecule is Cc1ccc(C2CC(=O)C(=CN(C)C)C(=O)C2)o1. The molecule has 4 heteroatoms. The van der Waals surface area contributed by atoms with E-state index in [0.29, 0.717) is 18.4 Å². The number of ketones is 2. The zero-order valence-corrected chi connectivity index (χ0v) is 10.9. The lowest BCUT2D eigenvalue weighted by Gasteiger charge is -2.21. The van der Waals surface area contributed by atoms with Gasteiger partial charge >= 0.3 is 0 Å². The van der Waals surface area contributed by atoms with E-state index in [1.54, 1.807) is 25.2 Å². The van der Waals surface area contributed by atoms with Crippen LogP contribution in [0.15, 0.2) is 28.3 Å². The molecule has 0 aromatic carbocycles. The minimum atomic E-state index is -0.113. The predicted molar refractivity (Wildman–Crippen MR) is 67.2 cm³/mol. The Labute approximate surface area is 106 Å². The van der Waals surface area contributed by atoms with Gasteiger partial charge in [-0.05, 0) is 19.1 Å². The number of rotatable bonds is 2. The number of allylic oxidation sites excluding steroid dienone is 1. The molecular formula is C14H17NO3. The molecule has 18 heavy (non-hydrogen) atoms. The summed E-state index contributed by atoms with van der Waals surface area (Å²) >= 11 is 0. The average Bonchev–Trinajstić information content (AvgIpc) is 2.70. The molecule has 1 aromatic heterocycles. The van der Waals surface area contributed by atoms with Gasteiger partial charge in [0.15, 0.2) is 11.6 Å². The standard InChI is InChI=1S/C14H17NO3/c1-9-4-5-14(18-9)10-6-12(16)11(8-15(2)3)13(17)7-10/h4-5,8,10H,6-7H2,1-3H3. The van der Waals surface area contributed by atoms with Crippen LogP contribution in [0, 0.1) is 6.92 Å². The first kappa shape index (κ1) is 12.6. The van der Waals surface area contributed by atoms with E-state index in [9.17, 15) is 9.59 Å². The lowest BCUT2D eigenvalue weighted by Crippen LogP contribution is -2.26. The van der Waals surface area contributed by atoms with E-state index in [0.717, 1.165) is 11.5 Å². The highest BCUT2D eigenvalue weighted by molar-refractivity contribution is 6.22. The van der Waals surface area contributed by atoms with E-state index >= 15 is 0 Å². The molecule has 0 radical (unpaired) electrons. The van der Waals surface area contributed by atoms with Crippen molar-refractivity contribution >= 4 is 11.6 Å². The van der Waals surface area contributed by atoms with Crippen molar-refractivity contribution < 1.29 is 14.0 Å². The molecule has 1 saturated carbocycles. The van der Waals surface area contributed by atoms with Crippen LogP contribution in [0.25, 0.3) is 0 Å². The van der Waals surface area contributed by atoms with Crippen LogP contribution in [0.2, 0.25) is 0 Å². The number of Topliss-reactive ketones (excluding diaryl/α,β-unsaturated/α-hetero) is 2. The first-order valence-corrected chi connectivity index (χ1v) is 5.98. The van der Waals surface area contributed by atoms with Crippen LogP contribution in [0.5, 0.6) is 0 Å². The predicted octanol–water partition coefficient (Wildman–Crippen LogP) is 2.05.